The van der Waals surface area contributed by atoms with Crippen LogP contribution in [0.25, 0.3) is 0 Å². The highest BCUT2D eigenvalue weighted by atomic mass is 16.5. The van der Waals surface area contributed by atoms with Gasteiger partial charge in [0.05, 0.1) is 6.04 Å². The van der Waals surface area contributed by atoms with Gasteiger partial charge in [-0.2, -0.15) is 0 Å². The summed E-state index contributed by atoms with van der Waals surface area (Å²) in [5.41, 5.74) is 4.10. The van der Waals surface area contributed by atoms with Gasteiger partial charge in [0, 0.05) is 18.7 Å². The number of carbonyl (C=O) groups excluding carboxylic acids is 2. The summed E-state index contributed by atoms with van der Waals surface area (Å²) in [6.45, 7) is 7.23. The number of amides is 1. The van der Waals surface area contributed by atoms with Crippen molar-refractivity contribution in [3.05, 3.63) is 65.2 Å². The number of nitrogens with one attached hydrogen (secondary N) is 1. The Morgan fingerprint density at radius 2 is 1.80 bits per heavy atom. The molecule has 2 aromatic rings. The van der Waals surface area contributed by atoms with E-state index in [9.17, 15) is 9.59 Å². The van der Waals surface area contributed by atoms with Gasteiger partial charge in [0.25, 0.3) is 0 Å². The Kier molecular flexibility index (Phi) is 7.63. The number of carbonyl (C=O) groups is 2. The van der Waals surface area contributed by atoms with E-state index in [1.54, 1.807) is 6.92 Å². The Morgan fingerprint density at radius 1 is 1.10 bits per heavy atom. The third kappa shape index (κ3) is 5.70. The number of nitrogens with zero attached hydrogens (tertiary/aromatic N) is 1. The maximum Gasteiger partial charge on any atom is 0.305 e. The topological polar surface area (TPSA) is 58.6 Å². The lowest BCUT2D eigenvalue weighted by Gasteiger charge is -2.37. The van der Waals surface area contributed by atoms with Crippen LogP contribution in [-0.4, -0.2) is 42.0 Å². The first-order valence-corrected chi connectivity index (χ1v) is 10.8. The van der Waals surface area contributed by atoms with Gasteiger partial charge in [0.2, 0.25) is 5.91 Å². The van der Waals surface area contributed by atoms with Crippen molar-refractivity contribution in [1.29, 1.82) is 0 Å². The third-order valence-corrected chi connectivity index (χ3v) is 5.74. The minimum absolute atomic E-state index is 0.0151. The molecule has 160 valence electrons. The summed E-state index contributed by atoms with van der Waals surface area (Å²) >= 11 is 0. The summed E-state index contributed by atoms with van der Waals surface area (Å²) in [6.07, 6.45) is 2.59. The van der Waals surface area contributed by atoms with E-state index in [4.69, 9.17) is 4.74 Å². The zero-order valence-corrected chi connectivity index (χ0v) is 18.2. The molecule has 1 heterocycles. The van der Waals surface area contributed by atoms with Crippen molar-refractivity contribution < 1.29 is 14.3 Å². The van der Waals surface area contributed by atoms with Crippen LogP contribution in [0.3, 0.4) is 0 Å². The molecular weight excluding hydrogens is 376 g/mol. The lowest BCUT2D eigenvalue weighted by molar-refractivity contribution is -0.151. The summed E-state index contributed by atoms with van der Waals surface area (Å²) in [5.74, 6) is -0.194. The number of benzene rings is 2. The smallest absolute Gasteiger partial charge is 0.305 e. The van der Waals surface area contributed by atoms with Crippen LogP contribution in [0.4, 0.5) is 5.69 Å². The minimum atomic E-state index is -0.325. The second-order valence-electron chi connectivity index (χ2n) is 8.06. The largest absolute Gasteiger partial charge is 0.461 e. The average molecular weight is 409 g/mol. The molecule has 2 atom stereocenters. The number of ether oxygens (including phenoxy) is 1. The first kappa shape index (κ1) is 22.0. The Balaban J connectivity index is 1.81. The molecule has 1 amide bonds. The highest BCUT2D eigenvalue weighted by Crippen LogP contribution is 2.23. The first-order chi connectivity index (χ1) is 14.5. The fourth-order valence-corrected chi connectivity index (χ4v) is 4.06. The van der Waals surface area contributed by atoms with Gasteiger partial charge in [-0.3, -0.25) is 14.5 Å². The number of piperidine rings is 1. The molecule has 0 aliphatic carbocycles. The number of hydrogen-bond donors (Lipinski definition) is 1. The summed E-state index contributed by atoms with van der Waals surface area (Å²) < 4.78 is 5.60. The lowest BCUT2D eigenvalue weighted by atomic mass is 9.99. The van der Waals surface area contributed by atoms with E-state index < -0.39 is 0 Å². The van der Waals surface area contributed by atoms with Gasteiger partial charge in [0.1, 0.15) is 6.10 Å². The predicted molar refractivity (Wildman–Crippen MR) is 119 cm³/mol. The molecule has 1 N–H and O–H groups in total. The second kappa shape index (κ2) is 10.4. The van der Waals surface area contributed by atoms with Gasteiger partial charge in [-0.05, 0) is 56.3 Å². The molecule has 1 aliphatic rings. The van der Waals surface area contributed by atoms with E-state index in [0.29, 0.717) is 19.4 Å². The maximum atomic E-state index is 13.4. The van der Waals surface area contributed by atoms with Gasteiger partial charge < -0.3 is 10.1 Å². The molecule has 0 bridgehead atoms. The predicted octanol–water partition coefficient (Wildman–Crippen LogP) is 4.27. The Bertz CT molecular complexity index is 846. The molecule has 3 rings (SSSR count). The summed E-state index contributed by atoms with van der Waals surface area (Å²) in [6, 6.07) is 15.8. The van der Waals surface area contributed by atoms with E-state index in [1.165, 1.54) is 0 Å². The van der Waals surface area contributed by atoms with Crippen molar-refractivity contribution >= 4 is 17.6 Å². The highest BCUT2D eigenvalue weighted by molar-refractivity contribution is 5.96. The van der Waals surface area contributed by atoms with Crippen LogP contribution in [-0.2, 0) is 20.7 Å². The quantitative estimate of drug-likeness (QED) is 0.695. The minimum Gasteiger partial charge on any atom is -0.461 e. The SMILES string of the molecule is CCC(=O)OC1CCCN(C(Cc2ccccc2)C(=O)Nc2c(C)cccc2C)C1. The van der Waals surface area contributed by atoms with Crippen LogP contribution in [0.1, 0.15) is 42.9 Å². The number of hydrogen-bond acceptors (Lipinski definition) is 4. The van der Waals surface area contributed by atoms with Crippen molar-refractivity contribution in [2.75, 3.05) is 18.4 Å². The normalized spacial score (nSPS) is 17.9. The van der Waals surface area contributed by atoms with Gasteiger partial charge >= 0.3 is 5.97 Å². The number of para-hydroxylation sites is 1. The number of rotatable bonds is 7. The molecule has 0 spiro atoms. The summed E-state index contributed by atoms with van der Waals surface area (Å²) in [5, 5.41) is 3.17. The van der Waals surface area contributed by atoms with Crippen molar-refractivity contribution in [1.82, 2.24) is 4.90 Å². The second-order valence-corrected chi connectivity index (χ2v) is 8.06. The van der Waals surface area contributed by atoms with Crippen LogP contribution < -0.4 is 5.32 Å². The zero-order valence-electron chi connectivity index (χ0n) is 18.2. The molecule has 2 aromatic carbocycles. The monoisotopic (exact) mass is 408 g/mol. The fourth-order valence-electron chi connectivity index (χ4n) is 4.06. The van der Waals surface area contributed by atoms with Crippen LogP contribution in [0.15, 0.2) is 48.5 Å². The molecular formula is C25H32N2O3. The molecule has 1 aliphatic heterocycles. The van der Waals surface area contributed by atoms with Crippen LogP contribution in [0.2, 0.25) is 0 Å². The van der Waals surface area contributed by atoms with Crippen LogP contribution in [0.5, 0.6) is 0 Å². The molecule has 0 aromatic heterocycles. The standard InChI is InChI=1S/C25H32N2O3/c1-4-23(28)30-21-14-9-15-27(17-21)22(16-20-12-6-5-7-13-20)25(29)26-24-18(2)10-8-11-19(24)3/h5-8,10-13,21-22H,4,9,14-17H2,1-3H3,(H,26,29). The summed E-state index contributed by atoms with van der Waals surface area (Å²) in [7, 11) is 0. The van der Waals surface area contributed by atoms with Gasteiger partial charge in [0.15, 0.2) is 0 Å². The van der Waals surface area contributed by atoms with Crippen molar-refractivity contribution in [2.24, 2.45) is 0 Å². The van der Waals surface area contributed by atoms with E-state index in [-0.39, 0.29) is 24.0 Å². The molecule has 5 nitrogen and oxygen atoms in total. The van der Waals surface area contributed by atoms with E-state index in [0.717, 1.165) is 41.8 Å². The molecule has 1 saturated heterocycles. The number of esters is 1. The van der Waals surface area contributed by atoms with Crippen LogP contribution in [0, 0.1) is 13.8 Å². The zero-order chi connectivity index (χ0) is 21.5. The van der Waals surface area contributed by atoms with Gasteiger partial charge in [-0.1, -0.05) is 55.5 Å². The Morgan fingerprint density at radius 3 is 2.47 bits per heavy atom. The maximum absolute atomic E-state index is 13.4. The molecule has 0 saturated carbocycles. The lowest BCUT2D eigenvalue weighted by Crippen LogP contribution is -2.51. The van der Waals surface area contributed by atoms with Gasteiger partial charge in [-0.25, -0.2) is 0 Å². The van der Waals surface area contributed by atoms with Gasteiger partial charge in [-0.15, -0.1) is 0 Å². The van der Waals surface area contributed by atoms with E-state index in [1.807, 2.05) is 50.2 Å². The molecule has 5 heteroatoms. The summed E-state index contributed by atoms with van der Waals surface area (Å²) in [4.78, 5) is 27.4. The van der Waals surface area contributed by atoms with Crippen molar-refractivity contribution in [2.45, 2.75) is 58.6 Å². The number of likely N-dealkylation sites (tertiary alicyclic amines) is 1. The first-order valence-electron chi connectivity index (χ1n) is 10.8. The number of aryl methyl sites for hydroxylation is 2. The van der Waals surface area contributed by atoms with Crippen molar-refractivity contribution in [3.8, 4) is 0 Å². The molecule has 30 heavy (non-hydrogen) atoms. The molecule has 1 fully saturated rings. The third-order valence-electron chi connectivity index (χ3n) is 5.74. The van der Waals surface area contributed by atoms with Crippen LogP contribution >= 0.6 is 0 Å². The number of anilines is 1. The Hall–Kier alpha value is -2.66. The molecule has 2 unspecified atom stereocenters. The Labute approximate surface area is 179 Å². The van der Waals surface area contributed by atoms with E-state index in [2.05, 4.69) is 22.3 Å². The average Bonchev–Trinajstić information content (AvgIpc) is 2.75. The highest BCUT2D eigenvalue weighted by Gasteiger charge is 2.32. The molecule has 0 radical (unpaired) electrons. The van der Waals surface area contributed by atoms with E-state index >= 15 is 0 Å². The fraction of sp³-hybridized carbons (Fsp3) is 0.440. The van der Waals surface area contributed by atoms with Crippen molar-refractivity contribution in [3.63, 3.8) is 0 Å².